The average Bonchev–Trinajstić information content (AvgIpc) is 2.93. The molecule has 0 atom stereocenters. The SMILES string of the molecule is C=CCOc1ccc(/C(CC(=O)NC(=NCc2cc(Cl)c(NC(=O)CBr)c(Cl)c2)NC(=O)OC(C)(C)C)=N\OCC)cc1. The fraction of sp³-hybridized carbons (Fsp3) is 0.345. The van der Waals surface area contributed by atoms with E-state index >= 15 is 0 Å². The van der Waals surface area contributed by atoms with Gasteiger partial charge >= 0.3 is 6.09 Å². The van der Waals surface area contributed by atoms with E-state index in [1.54, 1.807) is 70.2 Å². The van der Waals surface area contributed by atoms with Crippen molar-refractivity contribution in [2.24, 2.45) is 10.1 Å². The summed E-state index contributed by atoms with van der Waals surface area (Å²) in [6, 6.07) is 10.1. The molecule has 2 rings (SSSR count). The number of anilines is 1. The lowest BCUT2D eigenvalue weighted by Gasteiger charge is -2.20. The van der Waals surface area contributed by atoms with E-state index in [0.717, 1.165) is 0 Å². The Bertz CT molecular complexity index is 1340. The van der Waals surface area contributed by atoms with Crippen molar-refractivity contribution in [2.45, 2.75) is 46.3 Å². The van der Waals surface area contributed by atoms with E-state index in [4.69, 9.17) is 37.5 Å². The second-order valence-corrected chi connectivity index (χ2v) is 11.1. The molecule has 0 bridgehead atoms. The second-order valence-electron chi connectivity index (χ2n) is 9.71. The average molecular weight is 699 g/mol. The maximum absolute atomic E-state index is 13.1. The number of carbonyl (C=O) groups is 3. The molecule has 0 aliphatic rings. The number of oxime groups is 1. The van der Waals surface area contributed by atoms with E-state index in [2.05, 4.69) is 48.6 Å². The van der Waals surface area contributed by atoms with Gasteiger partial charge in [0.15, 0.2) is 0 Å². The van der Waals surface area contributed by atoms with Crippen molar-refractivity contribution in [3.05, 3.63) is 70.2 Å². The van der Waals surface area contributed by atoms with Crippen LogP contribution in [0.15, 0.2) is 59.2 Å². The first kappa shape index (κ1) is 35.6. The lowest BCUT2D eigenvalue weighted by molar-refractivity contribution is -0.118. The Balaban J connectivity index is 2.28. The molecule has 0 aliphatic heterocycles. The third-order valence-corrected chi connectivity index (χ3v) is 6.08. The molecule has 0 radical (unpaired) electrons. The lowest BCUT2D eigenvalue weighted by Crippen LogP contribution is -2.46. The number of nitrogens with zero attached hydrogens (tertiary/aromatic N) is 2. The van der Waals surface area contributed by atoms with Crippen molar-refractivity contribution in [1.29, 1.82) is 0 Å². The zero-order valence-corrected chi connectivity index (χ0v) is 27.4. The minimum Gasteiger partial charge on any atom is -0.490 e. The summed E-state index contributed by atoms with van der Waals surface area (Å²) >= 11 is 15.7. The van der Waals surface area contributed by atoms with E-state index in [-0.39, 0.29) is 45.9 Å². The lowest BCUT2D eigenvalue weighted by atomic mass is 10.1. The summed E-state index contributed by atoms with van der Waals surface area (Å²) in [5, 5.41) is 12.2. The summed E-state index contributed by atoms with van der Waals surface area (Å²) in [5.41, 5.74) is 0.967. The van der Waals surface area contributed by atoms with Crippen LogP contribution in [0.3, 0.4) is 0 Å². The number of halogens is 3. The molecule has 11 nitrogen and oxygen atoms in total. The molecule has 0 aliphatic carbocycles. The van der Waals surface area contributed by atoms with Crippen LogP contribution in [0, 0.1) is 0 Å². The molecule has 14 heteroatoms. The summed E-state index contributed by atoms with van der Waals surface area (Å²) in [6.07, 6.45) is 0.601. The number of hydrogen-bond acceptors (Lipinski definition) is 8. The molecular weight excluding hydrogens is 665 g/mol. The van der Waals surface area contributed by atoms with Crippen molar-refractivity contribution in [3.8, 4) is 5.75 Å². The molecule has 0 heterocycles. The first-order chi connectivity index (χ1) is 20.3. The predicted octanol–water partition coefficient (Wildman–Crippen LogP) is 6.22. The van der Waals surface area contributed by atoms with Gasteiger partial charge in [-0.05, 0) is 69.7 Å². The van der Waals surface area contributed by atoms with E-state index in [0.29, 0.717) is 35.8 Å². The predicted molar refractivity (Wildman–Crippen MR) is 172 cm³/mol. The Morgan fingerprint density at radius 3 is 2.26 bits per heavy atom. The van der Waals surface area contributed by atoms with Gasteiger partial charge < -0.3 is 19.6 Å². The normalized spacial score (nSPS) is 11.8. The number of guanidine groups is 1. The van der Waals surface area contributed by atoms with Gasteiger partial charge in [-0.3, -0.25) is 20.2 Å². The summed E-state index contributed by atoms with van der Waals surface area (Å²) in [6.45, 7) is 11.1. The van der Waals surface area contributed by atoms with E-state index in [9.17, 15) is 14.4 Å². The third kappa shape index (κ3) is 13.1. The Labute approximate surface area is 269 Å². The van der Waals surface area contributed by atoms with Crippen LogP contribution in [0.5, 0.6) is 5.75 Å². The minimum absolute atomic E-state index is 0.0381. The highest BCUT2D eigenvalue weighted by Gasteiger charge is 2.20. The summed E-state index contributed by atoms with van der Waals surface area (Å²) in [5.74, 6) is -0.417. The van der Waals surface area contributed by atoms with Gasteiger partial charge in [-0.25, -0.2) is 9.79 Å². The highest BCUT2D eigenvalue weighted by atomic mass is 79.9. The first-order valence-electron chi connectivity index (χ1n) is 13.1. The zero-order chi connectivity index (χ0) is 32.0. The van der Waals surface area contributed by atoms with Gasteiger partial charge in [0.25, 0.3) is 0 Å². The van der Waals surface area contributed by atoms with Crippen LogP contribution < -0.4 is 20.7 Å². The van der Waals surface area contributed by atoms with Crippen LogP contribution in [-0.4, -0.2) is 53.7 Å². The van der Waals surface area contributed by atoms with Gasteiger partial charge in [-0.1, -0.05) is 56.9 Å². The van der Waals surface area contributed by atoms with E-state index < -0.39 is 17.6 Å². The Morgan fingerprint density at radius 1 is 1.05 bits per heavy atom. The highest BCUT2D eigenvalue weighted by molar-refractivity contribution is 9.09. The van der Waals surface area contributed by atoms with Crippen LogP contribution in [0.25, 0.3) is 0 Å². The number of nitrogens with one attached hydrogen (secondary N) is 3. The molecule has 0 unspecified atom stereocenters. The number of amides is 3. The van der Waals surface area contributed by atoms with Gasteiger partial charge in [-0.15, -0.1) is 0 Å². The van der Waals surface area contributed by atoms with E-state index in [1.165, 1.54) is 0 Å². The summed E-state index contributed by atoms with van der Waals surface area (Å²) < 4.78 is 10.8. The minimum atomic E-state index is -0.825. The number of alkyl halides is 1. The second kappa shape index (κ2) is 17.5. The number of aliphatic imine (C=N–C) groups is 1. The molecule has 0 spiro atoms. The zero-order valence-electron chi connectivity index (χ0n) is 24.3. The van der Waals surface area contributed by atoms with Crippen LogP contribution in [0.1, 0.15) is 45.2 Å². The standard InChI is InChI=1S/C29H34BrCl2N5O6/c1-6-12-41-20-10-8-19(9-11-20)23(37-42-7-2)15-24(38)35-27(36-28(40)43-29(3,4)5)33-17-18-13-21(31)26(22(32)14-18)34-25(39)16-30/h6,8-11,13-14H,1,7,12,15-17H2,2-5H3,(H,34,39)(H2,33,35,36,38,40)/b37-23-. The number of ether oxygens (including phenoxy) is 2. The van der Waals surface area contributed by atoms with E-state index in [1.807, 2.05) is 0 Å². The van der Waals surface area contributed by atoms with Crippen LogP contribution in [-0.2, 0) is 25.7 Å². The topological polar surface area (TPSA) is 140 Å². The molecule has 2 aromatic carbocycles. The molecule has 0 saturated heterocycles. The molecule has 2 aromatic rings. The van der Waals surface area contributed by atoms with Gasteiger partial charge in [0.1, 0.15) is 24.6 Å². The molecule has 232 valence electrons. The number of rotatable bonds is 12. The maximum atomic E-state index is 13.1. The number of hydrogen-bond donors (Lipinski definition) is 3. The number of benzene rings is 2. The van der Waals surface area contributed by atoms with Gasteiger partial charge in [0, 0.05) is 5.56 Å². The molecule has 0 fully saturated rings. The van der Waals surface area contributed by atoms with Crippen molar-refractivity contribution in [2.75, 3.05) is 23.9 Å². The third-order valence-electron chi connectivity index (χ3n) is 4.97. The van der Waals surface area contributed by atoms with Crippen molar-refractivity contribution in [3.63, 3.8) is 0 Å². The number of alkyl carbamates (subject to hydrolysis) is 1. The highest BCUT2D eigenvalue weighted by Crippen LogP contribution is 2.32. The number of carbonyl (C=O) groups excluding carboxylic acids is 3. The quantitative estimate of drug-likeness (QED) is 0.0791. The molecule has 3 amide bonds. The summed E-state index contributed by atoms with van der Waals surface area (Å²) in [4.78, 5) is 47.0. The molecule has 3 N–H and O–H groups in total. The molecule has 43 heavy (non-hydrogen) atoms. The van der Waals surface area contributed by atoms with Gasteiger partial charge in [0.2, 0.25) is 17.8 Å². The Morgan fingerprint density at radius 2 is 1.70 bits per heavy atom. The Kier molecular flexibility index (Phi) is 14.5. The van der Waals surface area contributed by atoms with Crippen LogP contribution >= 0.6 is 39.1 Å². The molecule has 0 saturated carbocycles. The fourth-order valence-electron chi connectivity index (χ4n) is 3.25. The van der Waals surface area contributed by atoms with Gasteiger partial charge in [0.05, 0.1) is 39.7 Å². The van der Waals surface area contributed by atoms with Crippen molar-refractivity contribution >= 4 is 74.4 Å². The monoisotopic (exact) mass is 697 g/mol. The smallest absolute Gasteiger partial charge is 0.414 e. The largest absolute Gasteiger partial charge is 0.490 e. The van der Waals surface area contributed by atoms with Gasteiger partial charge in [-0.2, -0.15) is 0 Å². The Hall–Kier alpha value is -3.61. The van der Waals surface area contributed by atoms with Crippen molar-refractivity contribution in [1.82, 2.24) is 10.6 Å². The molecular formula is C29H34BrCl2N5O6. The maximum Gasteiger partial charge on any atom is 0.414 e. The molecule has 0 aromatic heterocycles. The fourth-order valence-corrected chi connectivity index (χ4v) is 4.01. The van der Waals surface area contributed by atoms with Crippen LogP contribution in [0.2, 0.25) is 10.0 Å². The van der Waals surface area contributed by atoms with Crippen LogP contribution in [0.4, 0.5) is 10.5 Å². The first-order valence-corrected chi connectivity index (χ1v) is 14.9. The summed E-state index contributed by atoms with van der Waals surface area (Å²) in [7, 11) is 0. The van der Waals surface area contributed by atoms with Crippen molar-refractivity contribution < 1.29 is 28.7 Å².